The van der Waals surface area contributed by atoms with Gasteiger partial charge in [-0.2, -0.15) is 0 Å². The summed E-state index contributed by atoms with van der Waals surface area (Å²) in [5.41, 5.74) is 0. The molecule has 3 aromatic rings. The van der Waals surface area contributed by atoms with Gasteiger partial charge in [0.1, 0.15) is 0 Å². The molecule has 0 spiro atoms. The molecule has 2 bridgehead atoms. The van der Waals surface area contributed by atoms with E-state index in [2.05, 4.69) is 43.3 Å². The van der Waals surface area contributed by atoms with Crippen LogP contribution in [0.1, 0.15) is 6.92 Å². The van der Waals surface area contributed by atoms with Crippen LogP contribution in [0.4, 0.5) is 0 Å². The highest BCUT2D eigenvalue weighted by molar-refractivity contribution is 6.44. The number of hydrogen-bond acceptors (Lipinski definition) is 2. The summed E-state index contributed by atoms with van der Waals surface area (Å²) in [6, 6.07) is 13.8. The van der Waals surface area contributed by atoms with E-state index in [0.717, 1.165) is 6.04 Å². The van der Waals surface area contributed by atoms with Gasteiger partial charge in [0.15, 0.2) is 0 Å². The van der Waals surface area contributed by atoms with Crippen LogP contribution in [0.5, 0.6) is 0 Å². The normalized spacial score (nSPS) is 10.4. The largest absolute Gasteiger partial charge is 0.400 e. The Morgan fingerprint density at radius 3 is 1.27 bits per heavy atom. The van der Waals surface area contributed by atoms with Crippen molar-refractivity contribution in [3.63, 3.8) is 0 Å². The summed E-state index contributed by atoms with van der Waals surface area (Å²) in [4.78, 5) is 0. The molecule has 0 atom stereocenters. The Labute approximate surface area is 93.0 Å². The molecular formula is C12H18O2Si. The molecular weight excluding hydrogens is 204 g/mol. The van der Waals surface area contributed by atoms with Gasteiger partial charge in [-0.05, 0) is 16.8 Å². The number of hydrogen-bond donors (Lipinski definition) is 0. The number of benzene rings is 3. The first kappa shape index (κ1) is 12.2. The van der Waals surface area contributed by atoms with Crippen molar-refractivity contribution in [2.24, 2.45) is 0 Å². The van der Waals surface area contributed by atoms with Gasteiger partial charge < -0.3 is 8.85 Å². The molecule has 0 aliphatic heterocycles. The molecule has 0 radical (unpaired) electrons. The van der Waals surface area contributed by atoms with E-state index in [1.54, 1.807) is 14.2 Å². The van der Waals surface area contributed by atoms with Crippen molar-refractivity contribution in [2.45, 2.75) is 13.0 Å². The van der Waals surface area contributed by atoms with E-state index in [1.165, 1.54) is 10.8 Å². The van der Waals surface area contributed by atoms with Gasteiger partial charge >= 0.3 is 9.28 Å². The van der Waals surface area contributed by atoms with E-state index in [9.17, 15) is 0 Å². The Kier molecular flexibility index (Phi) is 5.32. The topological polar surface area (TPSA) is 18.5 Å². The summed E-state index contributed by atoms with van der Waals surface area (Å²) < 4.78 is 9.93. The minimum Gasteiger partial charge on any atom is -0.400 e. The lowest BCUT2D eigenvalue weighted by Gasteiger charge is -2.05. The second kappa shape index (κ2) is 6.56. The van der Waals surface area contributed by atoms with Gasteiger partial charge in [0.2, 0.25) is 0 Å². The van der Waals surface area contributed by atoms with Gasteiger partial charge in [0, 0.05) is 14.2 Å². The first-order chi connectivity index (χ1) is 7.30. The second-order valence-electron chi connectivity index (χ2n) is 3.31. The summed E-state index contributed by atoms with van der Waals surface area (Å²) in [5.74, 6) is 0. The second-order valence-corrected chi connectivity index (χ2v) is 5.93. The maximum Gasteiger partial charge on any atom is 0.320 e. The minimum absolute atomic E-state index is 1.05. The highest BCUT2D eigenvalue weighted by Gasteiger charge is 2.02. The van der Waals surface area contributed by atoms with Gasteiger partial charge in [-0.1, -0.05) is 43.3 Å². The quantitative estimate of drug-likeness (QED) is 0.743. The van der Waals surface area contributed by atoms with Crippen molar-refractivity contribution >= 4 is 20.1 Å². The lowest BCUT2D eigenvalue weighted by atomic mass is 10.1. The highest BCUT2D eigenvalue weighted by Crippen LogP contribution is 2.09. The molecule has 0 saturated heterocycles. The number of fused-ring (bicyclic) bond motifs is 3. The molecule has 0 aliphatic carbocycles. The minimum atomic E-state index is -1.17. The zero-order valence-corrected chi connectivity index (χ0v) is 10.7. The molecule has 3 aromatic carbocycles. The van der Waals surface area contributed by atoms with Crippen LogP contribution in [0.2, 0.25) is 6.04 Å². The van der Waals surface area contributed by atoms with E-state index in [0.29, 0.717) is 0 Å². The van der Waals surface area contributed by atoms with Crippen molar-refractivity contribution in [1.29, 1.82) is 0 Å². The Balaban J connectivity index is 0.000000153. The molecule has 0 aliphatic rings. The van der Waals surface area contributed by atoms with Crippen molar-refractivity contribution in [2.75, 3.05) is 14.2 Å². The maximum absolute atomic E-state index is 4.97. The fourth-order valence-electron chi connectivity index (χ4n) is 1.34. The Bertz CT molecular complexity index is 277. The zero-order chi connectivity index (χ0) is 11.1. The Morgan fingerprint density at radius 2 is 1.20 bits per heavy atom. The first-order valence-corrected chi connectivity index (χ1v) is 6.89. The van der Waals surface area contributed by atoms with Crippen molar-refractivity contribution in [3.05, 3.63) is 36.4 Å². The third-order valence-electron chi connectivity index (χ3n) is 2.26. The fraction of sp³-hybridized carbons (Fsp3) is 0.333. The van der Waals surface area contributed by atoms with Crippen LogP contribution in [-0.2, 0) is 8.85 Å². The Morgan fingerprint density at radius 1 is 0.867 bits per heavy atom. The predicted molar refractivity (Wildman–Crippen MR) is 66.8 cm³/mol. The van der Waals surface area contributed by atoms with Gasteiger partial charge in [0.05, 0.1) is 0 Å². The smallest absolute Gasteiger partial charge is 0.320 e. The molecule has 3 heteroatoms. The molecule has 0 N–H and O–H groups in total. The van der Waals surface area contributed by atoms with E-state index < -0.39 is 9.28 Å². The maximum atomic E-state index is 4.97. The molecule has 0 aromatic heterocycles. The molecule has 0 unspecified atom stereocenters. The molecule has 0 saturated carbocycles. The van der Waals surface area contributed by atoms with Crippen LogP contribution < -0.4 is 0 Å². The lowest BCUT2D eigenvalue weighted by molar-refractivity contribution is 0.279. The van der Waals surface area contributed by atoms with Crippen molar-refractivity contribution in [3.8, 4) is 0 Å². The van der Waals surface area contributed by atoms with E-state index in [1.807, 2.05) is 0 Å². The SMILES string of the molecule is CC[SiH](OC)OC.c1cc2ccc1cc2. The molecule has 82 valence electrons. The van der Waals surface area contributed by atoms with Gasteiger partial charge in [-0.3, -0.25) is 0 Å². The third kappa shape index (κ3) is 3.99. The predicted octanol–water partition coefficient (Wildman–Crippen LogP) is 2.80. The summed E-state index contributed by atoms with van der Waals surface area (Å²) in [7, 11) is 2.23. The van der Waals surface area contributed by atoms with Crippen LogP contribution in [0.25, 0.3) is 10.8 Å². The Hall–Kier alpha value is -0.903. The summed E-state index contributed by atoms with van der Waals surface area (Å²) in [6.07, 6.45) is 0. The van der Waals surface area contributed by atoms with Crippen LogP contribution in [-0.4, -0.2) is 23.5 Å². The van der Waals surface area contributed by atoms with Gasteiger partial charge in [-0.25, -0.2) is 0 Å². The van der Waals surface area contributed by atoms with E-state index in [-0.39, 0.29) is 0 Å². The summed E-state index contributed by atoms with van der Waals surface area (Å²) in [5, 5.41) is 2.61. The van der Waals surface area contributed by atoms with Gasteiger partial charge in [0.25, 0.3) is 0 Å². The van der Waals surface area contributed by atoms with Crippen LogP contribution in [0.15, 0.2) is 36.4 Å². The average Bonchev–Trinajstić information content (AvgIpc) is 2.35. The lowest BCUT2D eigenvalue weighted by Crippen LogP contribution is -2.16. The van der Waals surface area contributed by atoms with Crippen molar-refractivity contribution < 1.29 is 8.85 Å². The highest BCUT2D eigenvalue weighted by atomic mass is 28.3. The average molecular weight is 222 g/mol. The molecule has 2 nitrogen and oxygen atoms in total. The zero-order valence-electron chi connectivity index (χ0n) is 9.57. The molecule has 0 amide bonds. The third-order valence-corrected chi connectivity index (χ3v) is 3.98. The van der Waals surface area contributed by atoms with Gasteiger partial charge in [-0.15, -0.1) is 0 Å². The van der Waals surface area contributed by atoms with Crippen molar-refractivity contribution in [1.82, 2.24) is 0 Å². The molecule has 0 fully saturated rings. The monoisotopic (exact) mass is 222 g/mol. The van der Waals surface area contributed by atoms with Crippen LogP contribution >= 0.6 is 0 Å². The molecule has 3 rings (SSSR count). The summed E-state index contributed by atoms with van der Waals surface area (Å²) >= 11 is 0. The van der Waals surface area contributed by atoms with E-state index in [4.69, 9.17) is 8.85 Å². The summed E-state index contributed by atoms with van der Waals surface area (Å²) in [6.45, 7) is 2.07. The number of rotatable bonds is 3. The standard InChI is InChI=1S/C8H6.C4H12O2Si/c1-2-8-5-3-7(1)4-6-8;1-4-7(5-2)6-3/h1-6H;7H,4H2,1-3H3. The van der Waals surface area contributed by atoms with Crippen LogP contribution in [0, 0.1) is 0 Å². The first-order valence-electron chi connectivity index (χ1n) is 5.14. The molecule has 0 heterocycles. The van der Waals surface area contributed by atoms with E-state index >= 15 is 0 Å². The fourth-order valence-corrected chi connectivity index (χ4v) is 2.20. The van der Waals surface area contributed by atoms with Crippen LogP contribution in [0.3, 0.4) is 0 Å². The molecule has 15 heavy (non-hydrogen) atoms.